The van der Waals surface area contributed by atoms with Crippen LogP contribution in [-0.4, -0.2) is 73.3 Å². The molecule has 0 bridgehead atoms. The first-order valence-corrected chi connectivity index (χ1v) is 10.3. The number of nitrogens with zero attached hydrogens (tertiary/aromatic N) is 4. The van der Waals surface area contributed by atoms with Gasteiger partial charge in [-0.3, -0.25) is 9.69 Å². The molecule has 0 saturated carbocycles. The molecule has 2 aliphatic rings. The topological polar surface area (TPSA) is 82.6 Å². The summed E-state index contributed by atoms with van der Waals surface area (Å²) in [4.78, 5) is 25.8. The Labute approximate surface area is 171 Å². The Bertz CT molecular complexity index is 801. The molecule has 0 atom stereocenters. The van der Waals surface area contributed by atoms with Gasteiger partial charge < -0.3 is 20.3 Å². The zero-order chi connectivity index (χ0) is 19.9. The van der Waals surface area contributed by atoms with Crippen LogP contribution in [0, 0.1) is 0 Å². The molecular weight excluding hydrogens is 368 g/mol. The molecule has 1 aromatic heterocycles. The van der Waals surface area contributed by atoms with Crippen molar-refractivity contribution < 1.29 is 9.53 Å². The molecule has 2 fully saturated rings. The minimum Gasteiger partial charge on any atom is -0.379 e. The summed E-state index contributed by atoms with van der Waals surface area (Å²) in [5.41, 5.74) is 2.31. The number of nitrogens with one attached hydrogen (secondary N) is 2. The Kier molecular flexibility index (Phi) is 6.53. The summed E-state index contributed by atoms with van der Waals surface area (Å²) in [5, 5.41) is 6.11. The van der Waals surface area contributed by atoms with E-state index in [9.17, 15) is 4.79 Å². The molecule has 0 aliphatic carbocycles. The lowest BCUT2D eigenvalue weighted by atomic mass is 10.2. The van der Waals surface area contributed by atoms with E-state index < -0.39 is 0 Å². The van der Waals surface area contributed by atoms with E-state index in [1.54, 1.807) is 12.3 Å². The molecule has 2 aliphatic heterocycles. The van der Waals surface area contributed by atoms with Gasteiger partial charge in [-0.15, -0.1) is 0 Å². The van der Waals surface area contributed by atoms with Crippen LogP contribution in [-0.2, 0) is 4.74 Å². The molecule has 8 heteroatoms. The largest absolute Gasteiger partial charge is 0.379 e. The molecule has 29 heavy (non-hydrogen) atoms. The van der Waals surface area contributed by atoms with Crippen LogP contribution in [0.25, 0.3) is 0 Å². The lowest BCUT2D eigenvalue weighted by Crippen LogP contribution is -2.39. The van der Waals surface area contributed by atoms with Crippen LogP contribution in [0.3, 0.4) is 0 Å². The number of hydrogen-bond donors (Lipinski definition) is 2. The lowest BCUT2D eigenvalue weighted by Gasteiger charge is -2.26. The number of ether oxygens (including phenoxy) is 1. The number of anilines is 3. The minimum absolute atomic E-state index is 0.238. The van der Waals surface area contributed by atoms with Gasteiger partial charge in [0.1, 0.15) is 5.69 Å². The Hall–Kier alpha value is -2.71. The van der Waals surface area contributed by atoms with Crippen LogP contribution in [0.1, 0.15) is 23.3 Å². The summed E-state index contributed by atoms with van der Waals surface area (Å²) in [5.74, 6) is 0.229. The van der Waals surface area contributed by atoms with Crippen LogP contribution < -0.4 is 15.5 Å². The molecule has 3 heterocycles. The summed E-state index contributed by atoms with van der Waals surface area (Å²) in [7, 11) is 0. The minimum atomic E-state index is -0.238. The molecule has 2 N–H and O–H groups in total. The van der Waals surface area contributed by atoms with Crippen molar-refractivity contribution in [1.82, 2.24) is 14.9 Å². The number of morpholine rings is 1. The standard InChI is InChI=1S/C21H28N6O2/c28-20(24-17-3-5-18(6-4-17)27-10-1-2-11-27)19-7-8-22-21(25-19)23-9-12-26-13-15-29-16-14-26/h3-8H,1-2,9-16H2,(H,24,28)(H,22,23,25). The van der Waals surface area contributed by atoms with E-state index in [4.69, 9.17) is 4.74 Å². The van der Waals surface area contributed by atoms with E-state index in [2.05, 4.69) is 42.5 Å². The average molecular weight is 396 g/mol. The van der Waals surface area contributed by atoms with Gasteiger partial charge in [-0.2, -0.15) is 0 Å². The van der Waals surface area contributed by atoms with Gasteiger partial charge in [0.25, 0.3) is 5.91 Å². The summed E-state index contributed by atoms with van der Waals surface area (Å²) in [6.07, 6.45) is 4.10. The zero-order valence-electron chi connectivity index (χ0n) is 16.6. The number of aromatic nitrogens is 2. The molecule has 0 unspecified atom stereocenters. The Morgan fingerprint density at radius 3 is 2.55 bits per heavy atom. The lowest BCUT2D eigenvalue weighted by molar-refractivity contribution is 0.0398. The first-order chi connectivity index (χ1) is 14.3. The molecule has 1 aromatic carbocycles. The highest BCUT2D eigenvalue weighted by Gasteiger charge is 2.14. The number of carbonyl (C=O) groups excluding carboxylic acids is 1. The van der Waals surface area contributed by atoms with Crippen molar-refractivity contribution in [3.8, 4) is 0 Å². The van der Waals surface area contributed by atoms with Crippen molar-refractivity contribution in [2.24, 2.45) is 0 Å². The van der Waals surface area contributed by atoms with Crippen molar-refractivity contribution in [2.45, 2.75) is 12.8 Å². The van der Waals surface area contributed by atoms with E-state index in [0.29, 0.717) is 11.6 Å². The second-order valence-corrected chi connectivity index (χ2v) is 7.34. The molecule has 0 radical (unpaired) electrons. The van der Waals surface area contributed by atoms with Gasteiger partial charge in [-0.25, -0.2) is 9.97 Å². The zero-order valence-corrected chi connectivity index (χ0v) is 16.6. The van der Waals surface area contributed by atoms with Crippen molar-refractivity contribution in [2.75, 3.05) is 68.0 Å². The Morgan fingerprint density at radius 2 is 1.79 bits per heavy atom. The number of hydrogen-bond acceptors (Lipinski definition) is 7. The van der Waals surface area contributed by atoms with Crippen molar-refractivity contribution in [3.05, 3.63) is 42.2 Å². The van der Waals surface area contributed by atoms with Crippen LogP contribution in [0.5, 0.6) is 0 Å². The van der Waals surface area contributed by atoms with Crippen LogP contribution in [0.2, 0.25) is 0 Å². The number of carbonyl (C=O) groups is 1. The molecule has 2 aromatic rings. The fourth-order valence-electron chi connectivity index (χ4n) is 3.65. The summed E-state index contributed by atoms with van der Waals surface area (Å²) >= 11 is 0. The highest BCUT2D eigenvalue weighted by molar-refractivity contribution is 6.03. The molecule has 154 valence electrons. The highest BCUT2D eigenvalue weighted by Crippen LogP contribution is 2.22. The maximum atomic E-state index is 12.6. The fraction of sp³-hybridized carbons (Fsp3) is 0.476. The number of benzene rings is 1. The van der Waals surface area contributed by atoms with Gasteiger partial charge in [0, 0.05) is 56.8 Å². The molecule has 4 rings (SSSR count). The highest BCUT2D eigenvalue weighted by atomic mass is 16.5. The van der Waals surface area contributed by atoms with E-state index in [0.717, 1.165) is 58.2 Å². The maximum Gasteiger partial charge on any atom is 0.274 e. The average Bonchev–Trinajstić information content (AvgIpc) is 3.30. The van der Waals surface area contributed by atoms with Gasteiger partial charge in [0.2, 0.25) is 5.95 Å². The van der Waals surface area contributed by atoms with Crippen molar-refractivity contribution in [3.63, 3.8) is 0 Å². The molecular formula is C21H28N6O2. The molecule has 1 amide bonds. The third kappa shape index (κ3) is 5.42. The second kappa shape index (κ2) is 9.67. The van der Waals surface area contributed by atoms with Crippen LogP contribution in [0.15, 0.2) is 36.5 Å². The molecule has 0 spiro atoms. The van der Waals surface area contributed by atoms with Crippen LogP contribution >= 0.6 is 0 Å². The number of rotatable bonds is 7. The summed E-state index contributed by atoms with van der Waals surface area (Å²) < 4.78 is 5.35. The number of amides is 1. The molecule has 8 nitrogen and oxygen atoms in total. The van der Waals surface area contributed by atoms with Gasteiger partial charge >= 0.3 is 0 Å². The monoisotopic (exact) mass is 396 g/mol. The van der Waals surface area contributed by atoms with E-state index >= 15 is 0 Å². The summed E-state index contributed by atoms with van der Waals surface area (Å²) in [6, 6.07) is 9.61. The fourth-order valence-corrected chi connectivity index (χ4v) is 3.65. The molecule has 2 saturated heterocycles. The van der Waals surface area contributed by atoms with Gasteiger partial charge in [0.15, 0.2) is 0 Å². The predicted octanol–water partition coefficient (Wildman–Crippen LogP) is 2.07. The normalized spacial score (nSPS) is 17.3. The third-order valence-electron chi connectivity index (χ3n) is 5.30. The van der Waals surface area contributed by atoms with Crippen LogP contribution in [0.4, 0.5) is 17.3 Å². The van der Waals surface area contributed by atoms with E-state index in [1.807, 2.05) is 12.1 Å². The van der Waals surface area contributed by atoms with Gasteiger partial charge in [0.05, 0.1) is 13.2 Å². The maximum absolute atomic E-state index is 12.6. The second-order valence-electron chi connectivity index (χ2n) is 7.34. The first kappa shape index (κ1) is 19.6. The quantitative estimate of drug-likeness (QED) is 0.741. The third-order valence-corrected chi connectivity index (χ3v) is 5.30. The van der Waals surface area contributed by atoms with E-state index in [1.165, 1.54) is 18.5 Å². The summed E-state index contributed by atoms with van der Waals surface area (Å²) in [6.45, 7) is 7.29. The van der Waals surface area contributed by atoms with Gasteiger partial charge in [-0.05, 0) is 43.2 Å². The smallest absolute Gasteiger partial charge is 0.274 e. The Balaban J connectivity index is 1.29. The van der Waals surface area contributed by atoms with E-state index in [-0.39, 0.29) is 5.91 Å². The SMILES string of the molecule is O=C(Nc1ccc(N2CCCC2)cc1)c1ccnc(NCCN2CCOCC2)n1. The van der Waals surface area contributed by atoms with Crippen molar-refractivity contribution in [1.29, 1.82) is 0 Å². The van der Waals surface area contributed by atoms with Gasteiger partial charge in [-0.1, -0.05) is 0 Å². The predicted molar refractivity (Wildman–Crippen MR) is 114 cm³/mol. The Morgan fingerprint density at radius 1 is 1.03 bits per heavy atom. The first-order valence-electron chi connectivity index (χ1n) is 10.3. The van der Waals surface area contributed by atoms with Crippen molar-refractivity contribution >= 4 is 23.2 Å².